The van der Waals surface area contributed by atoms with Gasteiger partial charge in [-0.3, -0.25) is 4.79 Å². The van der Waals surface area contributed by atoms with Crippen LogP contribution in [0.3, 0.4) is 0 Å². The standard InChI is InChI=1S/C13H16BrFN2O/c14-10-4-5-11(15)9(7-10)8-17-12-3-1-2-6-16-13(12)18/h4-5,7,12,17H,1-3,6,8H2,(H,16,18)/t12-/m1/s1. The lowest BCUT2D eigenvalue weighted by atomic mass is 10.1. The summed E-state index contributed by atoms with van der Waals surface area (Å²) in [4.78, 5) is 11.7. The second-order valence-corrected chi connectivity index (χ2v) is 5.37. The molecule has 1 heterocycles. The zero-order chi connectivity index (χ0) is 13.0. The highest BCUT2D eigenvalue weighted by Gasteiger charge is 2.20. The van der Waals surface area contributed by atoms with Gasteiger partial charge in [0.25, 0.3) is 0 Å². The molecule has 3 nitrogen and oxygen atoms in total. The molecule has 0 saturated carbocycles. The molecule has 5 heteroatoms. The highest BCUT2D eigenvalue weighted by atomic mass is 79.9. The molecule has 1 aliphatic rings. The molecule has 0 aromatic heterocycles. The Morgan fingerprint density at radius 3 is 3.11 bits per heavy atom. The average molecular weight is 315 g/mol. The van der Waals surface area contributed by atoms with E-state index in [4.69, 9.17) is 0 Å². The minimum absolute atomic E-state index is 0.0166. The fourth-order valence-corrected chi connectivity index (χ4v) is 2.45. The van der Waals surface area contributed by atoms with E-state index < -0.39 is 0 Å². The van der Waals surface area contributed by atoms with Crippen LogP contribution in [0.5, 0.6) is 0 Å². The largest absolute Gasteiger partial charge is 0.355 e. The Morgan fingerprint density at radius 2 is 2.28 bits per heavy atom. The Kier molecular flexibility index (Phi) is 4.72. The van der Waals surface area contributed by atoms with Crippen LogP contribution in [0, 0.1) is 5.82 Å². The molecule has 0 bridgehead atoms. The number of hydrogen-bond donors (Lipinski definition) is 2. The van der Waals surface area contributed by atoms with E-state index in [9.17, 15) is 9.18 Å². The molecule has 1 saturated heterocycles. The van der Waals surface area contributed by atoms with Crippen molar-refractivity contribution in [3.05, 3.63) is 34.1 Å². The quantitative estimate of drug-likeness (QED) is 0.899. The third kappa shape index (κ3) is 3.53. The van der Waals surface area contributed by atoms with Crippen molar-refractivity contribution >= 4 is 21.8 Å². The Morgan fingerprint density at radius 1 is 1.44 bits per heavy atom. The van der Waals surface area contributed by atoms with Crippen molar-refractivity contribution < 1.29 is 9.18 Å². The summed E-state index contributed by atoms with van der Waals surface area (Å²) < 4.78 is 14.4. The van der Waals surface area contributed by atoms with E-state index in [-0.39, 0.29) is 17.8 Å². The predicted molar refractivity (Wildman–Crippen MR) is 71.6 cm³/mol. The van der Waals surface area contributed by atoms with Gasteiger partial charge in [0.15, 0.2) is 0 Å². The van der Waals surface area contributed by atoms with Gasteiger partial charge >= 0.3 is 0 Å². The van der Waals surface area contributed by atoms with Crippen LogP contribution >= 0.6 is 15.9 Å². The number of hydrogen-bond acceptors (Lipinski definition) is 2. The maximum Gasteiger partial charge on any atom is 0.237 e. The smallest absolute Gasteiger partial charge is 0.237 e. The summed E-state index contributed by atoms with van der Waals surface area (Å²) in [5.41, 5.74) is 0.571. The van der Waals surface area contributed by atoms with E-state index in [0.29, 0.717) is 12.1 Å². The summed E-state index contributed by atoms with van der Waals surface area (Å²) in [6.45, 7) is 1.10. The first-order chi connectivity index (χ1) is 8.66. The number of halogens is 2. The molecular formula is C13H16BrFN2O. The van der Waals surface area contributed by atoms with Crippen LogP contribution in [-0.2, 0) is 11.3 Å². The highest BCUT2D eigenvalue weighted by molar-refractivity contribution is 9.10. The van der Waals surface area contributed by atoms with E-state index in [1.165, 1.54) is 6.07 Å². The molecule has 1 aromatic carbocycles. The molecule has 98 valence electrons. The fraction of sp³-hybridized carbons (Fsp3) is 0.462. The summed E-state index contributed by atoms with van der Waals surface area (Å²) in [6, 6.07) is 4.61. The monoisotopic (exact) mass is 314 g/mol. The number of carbonyl (C=O) groups excluding carboxylic acids is 1. The molecule has 1 aromatic rings. The molecule has 18 heavy (non-hydrogen) atoms. The first kappa shape index (κ1) is 13.5. The second kappa shape index (κ2) is 6.29. The minimum atomic E-state index is -0.250. The van der Waals surface area contributed by atoms with Gasteiger partial charge < -0.3 is 10.6 Å². The van der Waals surface area contributed by atoms with E-state index in [1.807, 2.05) is 0 Å². The van der Waals surface area contributed by atoms with Crippen molar-refractivity contribution in [1.29, 1.82) is 0 Å². The van der Waals surface area contributed by atoms with Crippen molar-refractivity contribution in [1.82, 2.24) is 10.6 Å². The fourth-order valence-electron chi connectivity index (χ4n) is 2.05. The summed E-state index contributed by atoms with van der Waals surface area (Å²) >= 11 is 3.31. The van der Waals surface area contributed by atoms with Crippen molar-refractivity contribution in [2.75, 3.05) is 6.54 Å². The van der Waals surface area contributed by atoms with Crippen molar-refractivity contribution in [3.8, 4) is 0 Å². The summed E-state index contributed by atoms with van der Waals surface area (Å²) in [5, 5.41) is 5.98. The average Bonchev–Trinajstić information content (AvgIpc) is 2.55. The molecular weight excluding hydrogens is 299 g/mol. The van der Waals surface area contributed by atoms with Gasteiger partial charge in [0.05, 0.1) is 6.04 Å². The number of nitrogens with one attached hydrogen (secondary N) is 2. The lowest BCUT2D eigenvalue weighted by Gasteiger charge is -2.15. The Labute approximate surface area is 114 Å². The second-order valence-electron chi connectivity index (χ2n) is 4.46. The molecule has 1 aliphatic heterocycles. The van der Waals surface area contributed by atoms with Crippen LogP contribution in [0.4, 0.5) is 4.39 Å². The van der Waals surface area contributed by atoms with Crippen molar-refractivity contribution in [2.45, 2.75) is 31.8 Å². The summed E-state index contributed by atoms with van der Waals surface area (Å²) in [6.07, 6.45) is 2.83. The summed E-state index contributed by atoms with van der Waals surface area (Å²) in [7, 11) is 0. The van der Waals surface area contributed by atoms with Gasteiger partial charge in [-0.15, -0.1) is 0 Å². The number of amides is 1. The molecule has 0 radical (unpaired) electrons. The molecule has 0 unspecified atom stereocenters. The van der Waals surface area contributed by atoms with Gasteiger partial charge in [0.2, 0.25) is 5.91 Å². The van der Waals surface area contributed by atoms with Gasteiger partial charge in [-0.25, -0.2) is 4.39 Å². The molecule has 1 fully saturated rings. The van der Waals surface area contributed by atoms with Crippen LogP contribution in [0.1, 0.15) is 24.8 Å². The molecule has 1 amide bonds. The minimum Gasteiger partial charge on any atom is -0.355 e. The summed E-state index contributed by atoms with van der Waals surface area (Å²) in [5.74, 6) is -0.234. The highest BCUT2D eigenvalue weighted by Crippen LogP contribution is 2.16. The zero-order valence-electron chi connectivity index (χ0n) is 10.0. The van der Waals surface area contributed by atoms with E-state index in [0.717, 1.165) is 30.3 Å². The van der Waals surface area contributed by atoms with Gasteiger partial charge in [-0.05, 0) is 37.5 Å². The molecule has 2 rings (SSSR count). The molecule has 1 atom stereocenters. The predicted octanol–water partition coefficient (Wildman–Crippen LogP) is 2.35. The Hall–Kier alpha value is -0.940. The van der Waals surface area contributed by atoms with Gasteiger partial charge in [0.1, 0.15) is 5.82 Å². The zero-order valence-corrected chi connectivity index (χ0v) is 11.6. The van der Waals surface area contributed by atoms with Crippen LogP contribution < -0.4 is 10.6 Å². The first-order valence-electron chi connectivity index (χ1n) is 6.12. The van der Waals surface area contributed by atoms with Crippen molar-refractivity contribution in [3.63, 3.8) is 0 Å². The Bertz CT molecular complexity index is 439. The normalized spacial score (nSPS) is 20.3. The van der Waals surface area contributed by atoms with E-state index >= 15 is 0 Å². The van der Waals surface area contributed by atoms with Crippen LogP contribution in [0.25, 0.3) is 0 Å². The maximum atomic E-state index is 13.5. The van der Waals surface area contributed by atoms with Crippen LogP contribution in [0.2, 0.25) is 0 Å². The third-order valence-electron chi connectivity index (χ3n) is 3.08. The van der Waals surface area contributed by atoms with Gasteiger partial charge in [-0.1, -0.05) is 15.9 Å². The Balaban J connectivity index is 1.97. The molecule has 0 aliphatic carbocycles. The molecule has 0 spiro atoms. The van der Waals surface area contributed by atoms with E-state index in [1.54, 1.807) is 12.1 Å². The number of carbonyl (C=O) groups is 1. The topological polar surface area (TPSA) is 41.1 Å². The molecule has 2 N–H and O–H groups in total. The first-order valence-corrected chi connectivity index (χ1v) is 6.91. The van der Waals surface area contributed by atoms with Gasteiger partial charge in [-0.2, -0.15) is 0 Å². The van der Waals surface area contributed by atoms with Crippen LogP contribution in [0.15, 0.2) is 22.7 Å². The SMILES string of the molecule is O=C1NCCCC[C@H]1NCc1cc(Br)ccc1F. The van der Waals surface area contributed by atoms with Crippen molar-refractivity contribution in [2.24, 2.45) is 0 Å². The number of benzene rings is 1. The van der Waals surface area contributed by atoms with Gasteiger partial charge in [0, 0.05) is 23.1 Å². The van der Waals surface area contributed by atoms with Crippen LogP contribution in [-0.4, -0.2) is 18.5 Å². The lowest BCUT2D eigenvalue weighted by molar-refractivity contribution is -0.122. The maximum absolute atomic E-state index is 13.5. The number of rotatable bonds is 3. The van der Waals surface area contributed by atoms with E-state index in [2.05, 4.69) is 26.6 Å². The third-order valence-corrected chi connectivity index (χ3v) is 3.58. The lowest BCUT2D eigenvalue weighted by Crippen LogP contribution is -2.42.